The third-order valence-corrected chi connectivity index (χ3v) is 4.36. The van der Waals surface area contributed by atoms with Crippen molar-refractivity contribution in [3.63, 3.8) is 0 Å². The predicted octanol–water partition coefficient (Wildman–Crippen LogP) is 1.19. The first-order chi connectivity index (χ1) is 10.2. The van der Waals surface area contributed by atoms with Gasteiger partial charge in [0, 0.05) is 36.0 Å². The van der Waals surface area contributed by atoms with Gasteiger partial charge in [-0.1, -0.05) is 15.9 Å². The smallest absolute Gasteiger partial charge is 0.230 e. The number of benzene rings is 1. The molecule has 1 saturated heterocycles. The summed E-state index contributed by atoms with van der Waals surface area (Å²) in [5.41, 5.74) is 1.66. The van der Waals surface area contributed by atoms with Gasteiger partial charge in [0.05, 0.1) is 5.52 Å². The zero-order valence-electron chi connectivity index (χ0n) is 11.6. The number of fused-ring (bicyclic) bond motifs is 3. The van der Waals surface area contributed by atoms with Crippen molar-refractivity contribution in [3.8, 4) is 0 Å². The number of rotatable bonds is 1. The van der Waals surface area contributed by atoms with E-state index in [4.69, 9.17) is 4.98 Å². The van der Waals surface area contributed by atoms with Gasteiger partial charge in [0.2, 0.25) is 5.95 Å². The lowest BCUT2D eigenvalue weighted by atomic mass is 10.2. The second-order valence-electron chi connectivity index (χ2n) is 5.28. The molecule has 1 aliphatic rings. The summed E-state index contributed by atoms with van der Waals surface area (Å²) in [5, 5.41) is 13.1. The highest BCUT2D eigenvalue weighted by Gasteiger charge is 2.20. The molecule has 1 aliphatic heterocycles. The van der Waals surface area contributed by atoms with E-state index in [1.54, 1.807) is 4.52 Å². The minimum Gasteiger partial charge on any atom is -0.338 e. The zero-order chi connectivity index (χ0) is 14.4. The summed E-state index contributed by atoms with van der Waals surface area (Å²) in [4.78, 5) is 9.32. The number of hydrogen-bond donors (Lipinski definition) is 0. The third kappa shape index (κ3) is 2.14. The average molecular weight is 348 g/mol. The molecule has 7 nitrogen and oxygen atoms in total. The number of nitrogens with zero attached hydrogens (tertiary/aromatic N) is 7. The highest BCUT2D eigenvalue weighted by Crippen LogP contribution is 2.25. The molecule has 0 N–H and O–H groups in total. The van der Waals surface area contributed by atoms with E-state index in [0.29, 0.717) is 0 Å². The van der Waals surface area contributed by atoms with Crippen LogP contribution in [0.25, 0.3) is 16.6 Å². The molecule has 0 spiro atoms. The Balaban J connectivity index is 1.91. The lowest BCUT2D eigenvalue weighted by molar-refractivity contribution is 0.310. The van der Waals surface area contributed by atoms with Crippen LogP contribution in [0.15, 0.2) is 22.7 Å². The summed E-state index contributed by atoms with van der Waals surface area (Å²) in [7, 11) is 2.13. The van der Waals surface area contributed by atoms with Crippen molar-refractivity contribution in [2.45, 2.75) is 0 Å². The minimum absolute atomic E-state index is 0.746. The number of anilines is 1. The lowest BCUT2D eigenvalue weighted by Crippen LogP contribution is -2.45. The number of hydrogen-bond acceptors (Lipinski definition) is 6. The van der Waals surface area contributed by atoms with Crippen molar-refractivity contribution in [1.29, 1.82) is 0 Å². The molecule has 0 atom stereocenters. The molecule has 1 fully saturated rings. The van der Waals surface area contributed by atoms with Crippen LogP contribution in [0.2, 0.25) is 0 Å². The zero-order valence-corrected chi connectivity index (χ0v) is 13.2. The third-order valence-electron chi connectivity index (χ3n) is 3.87. The number of likely N-dealkylation sites (N-methyl/N-ethyl adjacent to an activating group) is 1. The fraction of sp³-hybridized carbons (Fsp3) is 0.385. The second-order valence-corrected chi connectivity index (χ2v) is 6.19. The molecule has 0 aliphatic carbocycles. The molecule has 0 saturated carbocycles. The normalized spacial score (nSPS) is 17.0. The number of piperazine rings is 1. The Morgan fingerprint density at radius 2 is 1.95 bits per heavy atom. The van der Waals surface area contributed by atoms with Crippen molar-refractivity contribution >= 4 is 38.4 Å². The summed E-state index contributed by atoms with van der Waals surface area (Å²) >= 11 is 3.49. The molecule has 1 aromatic carbocycles. The van der Waals surface area contributed by atoms with Crippen LogP contribution < -0.4 is 4.90 Å². The molecule has 108 valence electrons. The second kappa shape index (κ2) is 4.88. The van der Waals surface area contributed by atoms with Crippen LogP contribution in [0.3, 0.4) is 0 Å². The van der Waals surface area contributed by atoms with Gasteiger partial charge in [-0.25, -0.2) is 4.98 Å². The summed E-state index contributed by atoms with van der Waals surface area (Å²) < 4.78 is 2.73. The molecular formula is C13H14BrN7. The topological polar surface area (TPSA) is 62.5 Å². The van der Waals surface area contributed by atoms with Crippen LogP contribution in [0.5, 0.6) is 0 Å². The first-order valence-electron chi connectivity index (χ1n) is 6.83. The van der Waals surface area contributed by atoms with Gasteiger partial charge in [-0.15, -0.1) is 5.10 Å². The number of halogens is 1. The van der Waals surface area contributed by atoms with Crippen LogP contribution in [0, 0.1) is 0 Å². The number of tetrazole rings is 1. The van der Waals surface area contributed by atoms with Crippen LogP contribution in [0.4, 0.5) is 5.95 Å². The van der Waals surface area contributed by atoms with E-state index in [1.807, 2.05) is 18.2 Å². The maximum Gasteiger partial charge on any atom is 0.230 e. The van der Waals surface area contributed by atoms with Gasteiger partial charge in [-0.3, -0.25) is 0 Å². The quantitative estimate of drug-likeness (QED) is 0.658. The van der Waals surface area contributed by atoms with E-state index in [-0.39, 0.29) is 0 Å². The molecule has 3 heterocycles. The highest BCUT2D eigenvalue weighted by molar-refractivity contribution is 9.10. The lowest BCUT2D eigenvalue weighted by Gasteiger charge is -2.32. The highest BCUT2D eigenvalue weighted by atomic mass is 79.9. The largest absolute Gasteiger partial charge is 0.338 e. The van der Waals surface area contributed by atoms with Gasteiger partial charge in [0.25, 0.3) is 0 Å². The van der Waals surface area contributed by atoms with Crippen molar-refractivity contribution in [1.82, 2.24) is 29.9 Å². The van der Waals surface area contributed by atoms with E-state index in [1.165, 1.54) is 0 Å². The van der Waals surface area contributed by atoms with E-state index in [2.05, 4.69) is 48.3 Å². The Labute approximate surface area is 129 Å². The summed E-state index contributed by atoms with van der Waals surface area (Å²) in [6.07, 6.45) is 0. The van der Waals surface area contributed by atoms with Gasteiger partial charge in [-0.05, 0) is 35.7 Å². The van der Waals surface area contributed by atoms with E-state index < -0.39 is 0 Å². The molecule has 8 heteroatoms. The fourth-order valence-corrected chi connectivity index (χ4v) is 3.00. The van der Waals surface area contributed by atoms with Crippen LogP contribution in [-0.4, -0.2) is 63.2 Å². The van der Waals surface area contributed by atoms with Crippen LogP contribution >= 0.6 is 15.9 Å². The molecule has 0 bridgehead atoms. The maximum atomic E-state index is 4.77. The summed E-state index contributed by atoms with van der Waals surface area (Å²) in [6.45, 7) is 3.90. The molecular weight excluding hydrogens is 334 g/mol. The Hall–Kier alpha value is -1.80. The van der Waals surface area contributed by atoms with Gasteiger partial charge >= 0.3 is 0 Å². The van der Waals surface area contributed by atoms with Crippen LogP contribution in [-0.2, 0) is 0 Å². The van der Waals surface area contributed by atoms with Crippen molar-refractivity contribution in [2.75, 3.05) is 38.1 Å². The molecule has 2 aromatic heterocycles. The summed E-state index contributed by atoms with van der Waals surface area (Å²) in [5.74, 6) is 0.818. The predicted molar refractivity (Wildman–Crippen MR) is 83.5 cm³/mol. The van der Waals surface area contributed by atoms with E-state index in [0.717, 1.165) is 53.2 Å². The summed E-state index contributed by atoms with van der Waals surface area (Å²) in [6, 6.07) is 5.98. The minimum atomic E-state index is 0.746. The van der Waals surface area contributed by atoms with Crippen LogP contribution in [0.1, 0.15) is 0 Å². The monoisotopic (exact) mass is 347 g/mol. The number of aromatic nitrogens is 5. The molecule has 21 heavy (non-hydrogen) atoms. The molecule has 3 aromatic rings. The molecule has 0 unspecified atom stereocenters. The van der Waals surface area contributed by atoms with Crippen molar-refractivity contribution in [3.05, 3.63) is 22.7 Å². The fourth-order valence-electron chi connectivity index (χ4n) is 2.64. The maximum absolute atomic E-state index is 4.77. The van der Waals surface area contributed by atoms with Crippen molar-refractivity contribution < 1.29 is 0 Å². The Morgan fingerprint density at radius 1 is 1.14 bits per heavy atom. The molecule has 4 rings (SSSR count). The SMILES string of the molecule is CN1CCN(c2nc3ccc(Br)cc3c3nnnn23)CC1. The first-order valence-corrected chi connectivity index (χ1v) is 7.62. The van der Waals surface area contributed by atoms with E-state index >= 15 is 0 Å². The van der Waals surface area contributed by atoms with Gasteiger partial charge in [0.1, 0.15) is 0 Å². The average Bonchev–Trinajstić information content (AvgIpc) is 2.97. The van der Waals surface area contributed by atoms with Gasteiger partial charge in [-0.2, -0.15) is 4.52 Å². The molecule has 0 amide bonds. The Morgan fingerprint density at radius 3 is 2.76 bits per heavy atom. The van der Waals surface area contributed by atoms with Gasteiger partial charge in [0.15, 0.2) is 5.65 Å². The van der Waals surface area contributed by atoms with E-state index in [9.17, 15) is 0 Å². The molecule has 0 radical (unpaired) electrons. The standard InChI is InChI=1S/C13H14BrN7/c1-19-4-6-20(7-5-19)13-15-11-3-2-9(14)8-10(11)12-16-17-18-21(12)13/h2-3,8H,4-7H2,1H3. The van der Waals surface area contributed by atoms with Gasteiger partial charge < -0.3 is 9.80 Å². The van der Waals surface area contributed by atoms with Crippen molar-refractivity contribution in [2.24, 2.45) is 0 Å². The Bertz CT molecular complexity index is 807. The Kier molecular flexibility index (Phi) is 3.00. The first kappa shape index (κ1) is 12.9.